The molecule has 0 spiro atoms. The molecule has 0 saturated heterocycles. The number of carbonyl (C=O) groups excluding carboxylic acids is 1. The van der Waals surface area contributed by atoms with Gasteiger partial charge in [0.15, 0.2) is 0 Å². The second kappa shape index (κ2) is 7.33. The Morgan fingerprint density at radius 1 is 1.57 bits per heavy atom. The quantitative estimate of drug-likeness (QED) is 0.456. The monoisotopic (exact) mass is 315 g/mol. The van der Waals surface area contributed by atoms with Crippen LogP contribution in [-0.4, -0.2) is 34.1 Å². The molecule has 1 aromatic rings. The fourth-order valence-corrected chi connectivity index (χ4v) is 1.95. The number of halogens is 1. The number of aliphatic hydroxyl groups is 1. The summed E-state index contributed by atoms with van der Waals surface area (Å²) in [5, 5.41) is 22.1. The summed E-state index contributed by atoms with van der Waals surface area (Å²) in [6.45, 7) is 4.37. The molecule has 0 fully saturated rings. The third kappa shape index (κ3) is 5.28. The van der Waals surface area contributed by atoms with Gasteiger partial charge in [-0.05, 0) is 18.3 Å². The molecule has 0 atom stereocenters. The van der Waals surface area contributed by atoms with Crippen molar-refractivity contribution in [2.75, 3.05) is 13.2 Å². The van der Waals surface area contributed by atoms with E-state index in [0.29, 0.717) is 13.0 Å². The number of hydrogen-bond donors (Lipinski definition) is 2. The molecule has 21 heavy (non-hydrogen) atoms. The first-order chi connectivity index (χ1) is 9.76. The Balaban J connectivity index is 2.76. The van der Waals surface area contributed by atoms with Crippen LogP contribution < -0.4 is 5.32 Å². The van der Waals surface area contributed by atoms with Gasteiger partial charge in [-0.1, -0.05) is 25.4 Å². The zero-order valence-electron chi connectivity index (χ0n) is 11.9. The Hall–Kier alpha value is -1.73. The van der Waals surface area contributed by atoms with E-state index in [4.69, 9.17) is 16.7 Å². The van der Waals surface area contributed by atoms with Gasteiger partial charge < -0.3 is 10.4 Å². The molecular formula is C13H18ClN3O4. The summed E-state index contributed by atoms with van der Waals surface area (Å²) >= 11 is 5.80. The van der Waals surface area contributed by atoms with Crippen LogP contribution in [0.15, 0.2) is 12.3 Å². The molecule has 0 bridgehead atoms. The third-order valence-corrected chi connectivity index (χ3v) is 3.32. The minimum absolute atomic E-state index is 0.0242. The number of aliphatic hydroxyl groups excluding tert-OH is 1. The van der Waals surface area contributed by atoms with Gasteiger partial charge >= 0.3 is 0 Å². The number of pyridine rings is 1. The van der Waals surface area contributed by atoms with E-state index in [2.05, 4.69) is 10.3 Å². The highest BCUT2D eigenvalue weighted by Gasteiger charge is 2.21. The predicted molar refractivity (Wildman–Crippen MR) is 78.3 cm³/mol. The van der Waals surface area contributed by atoms with Gasteiger partial charge in [0.2, 0.25) is 0 Å². The maximum Gasteiger partial charge on any atom is 0.288 e. The van der Waals surface area contributed by atoms with Crippen molar-refractivity contribution < 1.29 is 14.8 Å². The van der Waals surface area contributed by atoms with E-state index in [-0.39, 0.29) is 28.4 Å². The van der Waals surface area contributed by atoms with Crippen molar-refractivity contribution in [1.82, 2.24) is 10.3 Å². The molecule has 0 saturated carbocycles. The fourth-order valence-electron chi connectivity index (χ4n) is 1.76. The predicted octanol–water partition coefficient (Wildman–Crippen LogP) is 2.17. The summed E-state index contributed by atoms with van der Waals surface area (Å²) in [5.41, 5.74) is -0.508. The summed E-state index contributed by atoms with van der Waals surface area (Å²) in [4.78, 5) is 25.8. The molecule has 0 aromatic carbocycles. The van der Waals surface area contributed by atoms with E-state index >= 15 is 0 Å². The Morgan fingerprint density at radius 2 is 2.24 bits per heavy atom. The number of amides is 1. The Kier molecular flexibility index (Phi) is 6.04. The third-order valence-electron chi connectivity index (χ3n) is 3.02. The van der Waals surface area contributed by atoms with Crippen molar-refractivity contribution in [2.24, 2.45) is 5.41 Å². The van der Waals surface area contributed by atoms with Crippen molar-refractivity contribution in [3.8, 4) is 0 Å². The first-order valence-electron chi connectivity index (χ1n) is 6.46. The summed E-state index contributed by atoms with van der Waals surface area (Å²) in [5.74, 6) is -0.506. The highest BCUT2D eigenvalue weighted by Crippen LogP contribution is 2.22. The molecule has 0 aliphatic heterocycles. The maximum atomic E-state index is 12.1. The summed E-state index contributed by atoms with van der Waals surface area (Å²) in [6, 6.07) is 1.10. The van der Waals surface area contributed by atoms with Crippen LogP contribution in [0.1, 0.15) is 37.0 Å². The minimum Gasteiger partial charge on any atom is -0.396 e. The molecule has 0 aliphatic rings. The second-order valence-corrected chi connectivity index (χ2v) is 5.82. The second-order valence-electron chi connectivity index (χ2n) is 5.46. The summed E-state index contributed by atoms with van der Waals surface area (Å²) < 4.78 is 0. The number of aromatic nitrogens is 1. The van der Waals surface area contributed by atoms with Crippen LogP contribution in [0.5, 0.6) is 0 Å². The van der Waals surface area contributed by atoms with Gasteiger partial charge in [-0.3, -0.25) is 14.9 Å². The van der Waals surface area contributed by atoms with Gasteiger partial charge in [-0.15, -0.1) is 0 Å². The zero-order valence-corrected chi connectivity index (χ0v) is 12.7. The van der Waals surface area contributed by atoms with Crippen molar-refractivity contribution in [2.45, 2.75) is 26.7 Å². The molecule has 0 aliphatic carbocycles. The SMILES string of the molecule is CC(C)(CCCO)CNC(=O)c1cc([N+](=O)[O-])cnc1Cl. The summed E-state index contributed by atoms with van der Waals surface area (Å²) in [7, 11) is 0. The maximum absolute atomic E-state index is 12.1. The lowest BCUT2D eigenvalue weighted by molar-refractivity contribution is -0.385. The van der Waals surface area contributed by atoms with E-state index in [1.54, 1.807) is 0 Å². The Morgan fingerprint density at radius 3 is 2.81 bits per heavy atom. The van der Waals surface area contributed by atoms with Crippen LogP contribution in [-0.2, 0) is 0 Å². The van der Waals surface area contributed by atoms with Gasteiger partial charge in [0.05, 0.1) is 10.5 Å². The smallest absolute Gasteiger partial charge is 0.288 e. The number of hydrogen-bond acceptors (Lipinski definition) is 5. The number of rotatable bonds is 7. The van der Waals surface area contributed by atoms with Gasteiger partial charge in [0.25, 0.3) is 11.6 Å². The molecule has 1 aromatic heterocycles. The average Bonchev–Trinajstić information content (AvgIpc) is 2.43. The van der Waals surface area contributed by atoms with Gasteiger partial charge in [-0.25, -0.2) is 4.98 Å². The number of carbonyl (C=O) groups is 1. The highest BCUT2D eigenvalue weighted by atomic mass is 35.5. The van der Waals surface area contributed by atoms with Crippen LogP contribution in [0.4, 0.5) is 5.69 Å². The number of nitrogens with one attached hydrogen (secondary N) is 1. The normalized spacial score (nSPS) is 11.2. The summed E-state index contributed by atoms with van der Waals surface area (Å²) in [6.07, 6.45) is 2.39. The largest absolute Gasteiger partial charge is 0.396 e. The molecule has 8 heteroatoms. The lowest BCUT2D eigenvalue weighted by Crippen LogP contribution is -2.34. The molecule has 0 radical (unpaired) electrons. The van der Waals surface area contributed by atoms with Crippen LogP contribution in [0, 0.1) is 15.5 Å². The molecule has 2 N–H and O–H groups in total. The van der Waals surface area contributed by atoms with Crippen molar-refractivity contribution >= 4 is 23.2 Å². The van der Waals surface area contributed by atoms with Gasteiger partial charge in [0.1, 0.15) is 11.3 Å². The van der Waals surface area contributed by atoms with Crippen LogP contribution in [0.25, 0.3) is 0 Å². The zero-order chi connectivity index (χ0) is 16.0. The van der Waals surface area contributed by atoms with Crippen molar-refractivity contribution in [3.63, 3.8) is 0 Å². The number of nitrogens with zero attached hydrogens (tertiary/aromatic N) is 2. The van der Waals surface area contributed by atoms with Gasteiger partial charge in [0, 0.05) is 19.2 Å². The molecule has 116 valence electrons. The van der Waals surface area contributed by atoms with Crippen LogP contribution in [0.2, 0.25) is 5.15 Å². The van der Waals surface area contributed by atoms with E-state index in [9.17, 15) is 14.9 Å². The molecule has 1 amide bonds. The standard InChI is InChI=1S/C13H18ClN3O4/c1-13(2,4-3-5-18)8-16-12(19)10-6-9(17(20)21)7-15-11(10)14/h6-7,18H,3-5,8H2,1-2H3,(H,16,19). The lowest BCUT2D eigenvalue weighted by Gasteiger charge is -2.24. The Bertz CT molecular complexity index is 534. The average molecular weight is 316 g/mol. The molecule has 1 rings (SSSR count). The van der Waals surface area contributed by atoms with E-state index in [1.165, 1.54) is 0 Å². The molecule has 0 unspecified atom stereocenters. The highest BCUT2D eigenvalue weighted by molar-refractivity contribution is 6.32. The first-order valence-corrected chi connectivity index (χ1v) is 6.83. The number of nitro groups is 1. The van der Waals surface area contributed by atoms with Gasteiger partial charge in [-0.2, -0.15) is 0 Å². The topological polar surface area (TPSA) is 105 Å². The Labute approximate surface area is 127 Å². The fraction of sp³-hybridized carbons (Fsp3) is 0.538. The lowest BCUT2D eigenvalue weighted by atomic mass is 9.88. The van der Waals surface area contributed by atoms with Crippen LogP contribution in [0.3, 0.4) is 0 Å². The first kappa shape index (κ1) is 17.3. The molecule has 1 heterocycles. The van der Waals surface area contributed by atoms with E-state index < -0.39 is 10.8 Å². The van der Waals surface area contributed by atoms with E-state index in [1.807, 2.05) is 13.8 Å². The van der Waals surface area contributed by atoms with E-state index in [0.717, 1.165) is 18.7 Å². The van der Waals surface area contributed by atoms with Crippen molar-refractivity contribution in [1.29, 1.82) is 0 Å². The molecule has 7 nitrogen and oxygen atoms in total. The molecular weight excluding hydrogens is 298 g/mol. The minimum atomic E-state index is -0.634. The van der Waals surface area contributed by atoms with Crippen LogP contribution >= 0.6 is 11.6 Å². The van der Waals surface area contributed by atoms with Crippen molar-refractivity contribution in [3.05, 3.63) is 33.1 Å².